The number of aryl methyl sites for hydroxylation is 2. The zero-order valence-corrected chi connectivity index (χ0v) is 17.2. The zero-order valence-electron chi connectivity index (χ0n) is 16.4. The van der Waals surface area contributed by atoms with Crippen LogP contribution in [0.3, 0.4) is 0 Å². The molecule has 0 saturated heterocycles. The number of nitro groups is 1. The van der Waals surface area contributed by atoms with Crippen LogP contribution in [0.25, 0.3) is 21.6 Å². The van der Waals surface area contributed by atoms with E-state index in [4.69, 9.17) is 4.74 Å². The van der Waals surface area contributed by atoms with Gasteiger partial charge in [-0.25, -0.2) is 4.98 Å². The number of rotatable bonds is 5. The highest BCUT2D eigenvalue weighted by Gasteiger charge is 2.21. The van der Waals surface area contributed by atoms with Gasteiger partial charge in [-0.15, -0.1) is 11.3 Å². The number of hydrogen-bond donors (Lipinski definition) is 1. The van der Waals surface area contributed by atoms with Crippen LogP contribution in [0.4, 0.5) is 11.4 Å². The van der Waals surface area contributed by atoms with E-state index in [9.17, 15) is 14.9 Å². The Labute approximate surface area is 175 Å². The van der Waals surface area contributed by atoms with Gasteiger partial charge in [-0.2, -0.15) is 5.10 Å². The number of benzene rings is 1. The second-order valence-electron chi connectivity index (χ2n) is 6.54. The quantitative estimate of drug-likeness (QED) is 0.381. The summed E-state index contributed by atoms with van der Waals surface area (Å²) in [5, 5.41) is 20.8. The van der Waals surface area contributed by atoms with Gasteiger partial charge in [0.1, 0.15) is 5.75 Å². The van der Waals surface area contributed by atoms with E-state index < -0.39 is 10.8 Å². The second-order valence-corrected chi connectivity index (χ2v) is 7.48. The third kappa shape index (κ3) is 3.37. The van der Waals surface area contributed by atoms with Crippen molar-refractivity contribution in [1.82, 2.24) is 14.8 Å². The van der Waals surface area contributed by atoms with Crippen LogP contribution in [0.2, 0.25) is 0 Å². The summed E-state index contributed by atoms with van der Waals surface area (Å²) in [6.45, 7) is 1.81. The van der Waals surface area contributed by atoms with Gasteiger partial charge in [0.2, 0.25) is 0 Å². The maximum atomic E-state index is 13.3. The lowest BCUT2D eigenvalue weighted by atomic mass is 10.1. The Morgan fingerprint density at radius 2 is 2.10 bits per heavy atom. The third-order valence-corrected chi connectivity index (χ3v) is 5.52. The van der Waals surface area contributed by atoms with Gasteiger partial charge in [0.15, 0.2) is 5.65 Å². The Morgan fingerprint density at radius 3 is 2.77 bits per heavy atom. The van der Waals surface area contributed by atoms with Crippen molar-refractivity contribution in [2.75, 3.05) is 12.4 Å². The summed E-state index contributed by atoms with van der Waals surface area (Å²) < 4.78 is 6.88. The summed E-state index contributed by atoms with van der Waals surface area (Å²) in [5.41, 5.74) is 2.33. The predicted octanol–water partition coefficient (Wildman–Crippen LogP) is 4.17. The van der Waals surface area contributed by atoms with Crippen LogP contribution in [-0.4, -0.2) is 32.7 Å². The summed E-state index contributed by atoms with van der Waals surface area (Å²) in [6.07, 6.45) is 0. The number of pyridine rings is 1. The van der Waals surface area contributed by atoms with E-state index in [-0.39, 0.29) is 11.4 Å². The van der Waals surface area contributed by atoms with Crippen molar-refractivity contribution in [2.45, 2.75) is 6.92 Å². The topological polar surface area (TPSA) is 112 Å². The summed E-state index contributed by atoms with van der Waals surface area (Å²) in [5.74, 6) is -0.115. The number of hydrogen-bond acceptors (Lipinski definition) is 7. The smallest absolute Gasteiger partial charge is 0.271 e. The number of ether oxygens (including phenoxy) is 1. The van der Waals surface area contributed by atoms with E-state index in [2.05, 4.69) is 15.4 Å². The van der Waals surface area contributed by atoms with Gasteiger partial charge >= 0.3 is 0 Å². The van der Waals surface area contributed by atoms with E-state index >= 15 is 0 Å². The van der Waals surface area contributed by atoms with Crippen LogP contribution >= 0.6 is 11.3 Å². The number of thiophene rings is 1. The van der Waals surface area contributed by atoms with Crippen molar-refractivity contribution in [3.05, 3.63) is 63.1 Å². The standard InChI is InChI=1S/C20H17N5O4S/c1-11-18-13(10-15(17-5-4-8-30-17)21-19(18)24(2)23-11)20(26)22-14-9-12(25(27)28)6-7-16(14)29-3/h4-10H,1-3H3,(H,22,26). The van der Waals surface area contributed by atoms with Crippen LogP contribution in [0.15, 0.2) is 41.8 Å². The average Bonchev–Trinajstić information content (AvgIpc) is 3.36. The molecule has 9 nitrogen and oxygen atoms in total. The first-order chi connectivity index (χ1) is 14.4. The van der Waals surface area contributed by atoms with Crippen molar-refractivity contribution in [3.8, 4) is 16.3 Å². The number of carbonyl (C=O) groups excluding carboxylic acids is 1. The first-order valence-corrected chi connectivity index (χ1v) is 9.79. The first-order valence-electron chi connectivity index (χ1n) is 8.91. The van der Waals surface area contributed by atoms with E-state index in [1.807, 2.05) is 17.5 Å². The summed E-state index contributed by atoms with van der Waals surface area (Å²) >= 11 is 1.51. The molecule has 0 unspecified atom stereocenters. The largest absolute Gasteiger partial charge is 0.495 e. The van der Waals surface area contributed by atoms with Crippen molar-refractivity contribution in [3.63, 3.8) is 0 Å². The molecule has 152 valence electrons. The van der Waals surface area contributed by atoms with Crippen LogP contribution < -0.4 is 10.1 Å². The monoisotopic (exact) mass is 423 g/mol. The van der Waals surface area contributed by atoms with Gasteiger partial charge in [-0.3, -0.25) is 19.6 Å². The highest BCUT2D eigenvalue weighted by Crippen LogP contribution is 2.32. The molecule has 0 spiro atoms. The number of carbonyl (C=O) groups is 1. The fourth-order valence-corrected chi connectivity index (χ4v) is 3.96. The molecule has 3 aromatic heterocycles. The highest BCUT2D eigenvalue weighted by atomic mass is 32.1. The lowest BCUT2D eigenvalue weighted by Gasteiger charge is -2.11. The maximum Gasteiger partial charge on any atom is 0.271 e. The van der Waals surface area contributed by atoms with Gasteiger partial charge in [-0.05, 0) is 30.5 Å². The molecule has 0 aliphatic heterocycles. The molecule has 0 radical (unpaired) electrons. The molecule has 4 aromatic rings. The fraction of sp³-hybridized carbons (Fsp3) is 0.150. The van der Waals surface area contributed by atoms with Crippen LogP contribution in [0.1, 0.15) is 16.1 Å². The summed E-state index contributed by atoms with van der Waals surface area (Å²) in [6, 6.07) is 9.58. The molecule has 0 aliphatic carbocycles. The summed E-state index contributed by atoms with van der Waals surface area (Å²) in [4.78, 5) is 29.5. The number of aromatic nitrogens is 3. The van der Waals surface area contributed by atoms with Crippen molar-refractivity contribution in [1.29, 1.82) is 0 Å². The van der Waals surface area contributed by atoms with E-state index in [1.54, 1.807) is 24.7 Å². The Balaban J connectivity index is 1.84. The number of non-ortho nitro benzene ring substituents is 1. The van der Waals surface area contributed by atoms with Crippen LogP contribution in [0.5, 0.6) is 5.75 Å². The number of methoxy groups -OCH3 is 1. The van der Waals surface area contributed by atoms with Gasteiger partial charge in [-0.1, -0.05) is 6.07 Å². The number of anilines is 1. The van der Waals surface area contributed by atoms with E-state index in [1.165, 1.54) is 36.6 Å². The second kappa shape index (κ2) is 7.56. The molecule has 0 fully saturated rings. The molecule has 1 amide bonds. The minimum absolute atomic E-state index is 0.150. The molecule has 30 heavy (non-hydrogen) atoms. The van der Waals surface area contributed by atoms with Crippen molar-refractivity contribution >= 4 is 39.7 Å². The minimum Gasteiger partial charge on any atom is -0.495 e. The first kappa shape index (κ1) is 19.5. The van der Waals surface area contributed by atoms with E-state index in [0.29, 0.717) is 33.7 Å². The lowest BCUT2D eigenvalue weighted by molar-refractivity contribution is -0.384. The molecule has 4 rings (SSSR count). The van der Waals surface area contributed by atoms with Crippen molar-refractivity contribution < 1.29 is 14.5 Å². The highest BCUT2D eigenvalue weighted by molar-refractivity contribution is 7.13. The Kier molecular flexibility index (Phi) is 4.92. The normalized spacial score (nSPS) is 10.9. The van der Waals surface area contributed by atoms with E-state index in [0.717, 1.165) is 4.88 Å². The van der Waals surface area contributed by atoms with Gasteiger partial charge in [0.25, 0.3) is 11.6 Å². The predicted molar refractivity (Wildman–Crippen MR) is 114 cm³/mol. The maximum absolute atomic E-state index is 13.3. The molecular formula is C20H17N5O4S. The average molecular weight is 423 g/mol. The Bertz CT molecular complexity index is 1280. The Hall–Kier alpha value is -3.79. The molecule has 0 aliphatic rings. The third-order valence-electron chi connectivity index (χ3n) is 4.63. The van der Waals surface area contributed by atoms with Crippen LogP contribution in [-0.2, 0) is 7.05 Å². The number of fused-ring (bicyclic) bond motifs is 1. The lowest BCUT2D eigenvalue weighted by Crippen LogP contribution is -2.14. The van der Waals surface area contributed by atoms with Gasteiger partial charge in [0.05, 0.1) is 44.9 Å². The number of nitrogens with zero attached hydrogens (tertiary/aromatic N) is 4. The number of amides is 1. The minimum atomic E-state index is -0.528. The SMILES string of the molecule is COc1ccc([N+](=O)[O-])cc1NC(=O)c1cc(-c2cccs2)nc2c1c(C)nn2C. The molecule has 0 bridgehead atoms. The molecule has 1 N–H and O–H groups in total. The molecular weight excluding hydrogens is 406 g/mol. The molecule has 1 aromatic carbocycles. The van der Waals surface area contributed by atoms with Crippen molar-refractivity contribution in [2.24, 2.45) is 7.05 Å². The molecule has 3 heterocycles. The van der Waals surface area contributed by atoms with Gasteiger partial charge < -0.3 is 10.1 Å². The molecule has 10 heteroatoms. The number of nitrogens with one attached hydrogen (secondary N) is 1. The zero-order chi connectivity index (χ0) is 21.4. The molecule has 0 saturated carbocycles. The Morgan fingerprint density at radius 1 is 1.30 bits per heavy atom. The van der Waals surface area contributed by atoms with Crippen LogP contribution in [0, 0.1) is 17.0 Å². The molecule has 0 atom stereocenters. The number of nitro benzene ring substituents is 1. The fourth-order valence-electron chi connectivity index (χ4n) is 3.27. The summed E-state index contributed by atoms with van der Waals surface area (Å²) in [7, 11) is 3.20. The van der Waals surface area contributed by atoms with Gasteiger partial charge in [0, 0.05) is 19.2 Å².